The van der Waals surface area contributed by atoms with Crippen LogP contribution in [-0.4, -0.2) is 57.5 Å². The molecule has 2 fully saturated rings. The quantitative estimate of drug-likeness (QED) is 0.604. The van der Waals surface area contributed by atoms with E-state index < -0.39 is 78.4 Å². The van der Waals surface area contributed by atoms with Crippen LogP contribution in [0.2, 0.25) is 5.15 Å². The van der Waals surface area contributed by atoms with E-state index in [1.165, 1.54) is 0 Å². The largest absolute Gasteiger partial charge is 0.432 e. The summed E-state index contributed by atoms with van der Waals surface area (Å²) in [4.78, 5) is 16.7. The van der Waals surface area contributed by atoms with Crippen LogP contribution in [0.3, 0.4) is 0 Å². The maximum atomic E-state index is 14.1. The number of nitrogens with zero attached hydrogens (tertiary/aromatic N) is 2. The van der Waals surface area contributed by atoms with Gasteiger partial charge in [-0.05, 0) is 18.6 Å². The first kappa shape index (κ1) is 20.0. The molecule has 27 heavy (non-hydrogen) atoms. The molecular weight excluding hydrogens is 406 g/mol. The standard InChI is InChI=1S/C15H13ClF6N2O3/c16-9-8(27-12(17)18)2-1-7(23-9)10(25)24-6-15(21,22)11(26)13(24)3-4-14(19,20)5-13/h1-2,11-12,26H,3-6H2/t11-,13+/m0/s1. The predicted molar refractivity (Wildman–Crippen MR) is 79.4 cm³/mol. The van der Waals surface area contributed by atoms with Crippen LogP contribution in [0, 0.1) is 0 Å². The number of hydrogen-bond donors (Lipinski definition) is 1. The summed E-state index contributed by atoms with van der Waals surface area (Å²) < 4.78 is 84.1. The SMILES string of the molecule is O=C(c1ccc(OC(F)F)c(Cl)n1)N1CC(F)(F)[C@@H](O)[C@]12CCC(F)(F)C2. The van der Waals surface area contributed by atoms with Crippen LogP contribution in [0.15, 0.2) is 12.1 Å². The number of pyridine rings is 1. The Bertz CT molecular complexity index is 765. The number of carbonyl (C=O) groups excluding carboxylic acids is 1. The van der Waals surface area contributed by atoms with E-state index in [0.717, 1.165) is 12.1 Å². The second-order valence-corrected chi connectivity index (χ2v) is 6.91. The molecule has 1 spiro atoms. The number of aliphatic hydroxyl groups excluding tert-OH is 1. The van der Waals surface area contributed by atoms with E-state index in [1.807, 2.05) is 0 Å². The summed E-state index contributed by atoms with van der Waals surface area (Å²) in [6.07, 6.45) is -4.88. The molecule has 1 amide bonds. The Labute approximate surface area is 153 Å². The molecule has 1 saturated carbocycles. The van der Waals surface area contributed by atoms with Gasteiger partial charge >= 0.3 is 6.61 Å². The molecule has 5 nitrogen and oxygen atoms in total. The molecule has 1 aromatic heterocycles. The molecule has 1 saturated heterocycles. The molecule has 0 bridgehead atoms. The minimum Gasteiger partial charge on any atom is -0.432 e. The maximum Gasteiger partial charge on any atom is 0.387 e. The van der Waals surface area contributed by atoms with Gasteiger partial charge in [-0.1, -0.05) is 11.6 Å². The first-order chi connectivity index (χ1) is 12.4. The summed E-state index contributed by atoms with van der Waals surface area (Å²) in [6, 6.07) is 1.78. The summed E-state index contributed by atoms with van der Waals surface area (Å²) in [5, 5.41) is 9.35. The van der Waals surface area contributed by atoms with Crippen LogP contribution >= 0.6 is 11.6 Å². The number of rotatable bonds is 3. The Hall–Kier alpha value is -1.75. The van der Waals surface area contributed by atoms with E-state index in [1.54, 1.807) is 0 Å². The van der Waals surface area contributed by atoms with Gasteiger partial charge in [0.2, 0.25) is 0 Å². The molecule has 2 atom stereocenters. The average molecular weight is 419 g/mol. The fraction of sp³-hybridized carbons (Fsp3) is 0.600. The number of carbonyl (C=O) groups is 1. The number of amides is 1. The van der Waals surface area contributed by atoms with Crippen molar-refractivity contribution >= 4 is 17.5 Å². The molecule has 2 aliphatic rings. The number of halogens is 7. The maximum absolute atomic E-state index is 14.1. The van der Waals surface area contributed by atoms with Crippen LogP contribution < -0.4 is 4.74 Å². The van der Waals surface area contributed by atoms with Crippen LogP contribution in [0.4, 0.5) is 26.3 Å². The van der Waals surface area contributed by atoms with Crippen molar-refractivity contribution in [2.45, 2.75) is 49.4 Å². The van der Waals surface area contributed by atoms with Crippen molar-refractivity contribution < 1.29 is 41.0 Å². The van der Waals surface area contributed by atoms with E-state index in [4.69, 9.17) is 11.6 Å². The molecule has 1 aliphatic carbocycles. The molecule has 1 aromatic rings. The molecule has 3 rings (SSSR count). The molecular formula is C15H13ClF6N2O3. The second-order valence-electron chi connectivity index (χ2n) is 6.56. The molecule has 150 valence electrons. The first-order valence-corrected chi connectivity index (χ1v) is 8.13. The summed E-state index contributed by atoms with van der Waals surface area (Å²) in [5.41, 5.74) is -2.68. The van der Waals surface area contributed by atoms with Gasteiger partial charge in [-0.25, -0.2) is 22.5 Å². The van der Waals surface area contributed by atoms with Gasteiger partial charge in [0.05, 0.1) is 12.1 Å². The number of hydrogen-bond acceptors (Lipinski definition) is 4. The third kappa shape index (κ3) is 3.42. The van der Waals surface area contributed by atoms with Crippen LogP contribution in [0.1, 0.15) is 29.8 Å². The lowest BCUT2D eigenvalue weighted by Crippen LogP contribution is -2.53. The zero-order chi connectivity index (χ0) is 20.2. The van der Waals surface area contributed by atoms with Gasteiger partial charge in [0.25, 0.3) is 17.8 Å². The second kappa shape index (κ2) is 6.40. The molecule has 1 aliphatic heterocycles. The Balaban J connectivity index is 1.94. The number of ether oxygens (including phenoxy) is 1. The number of aliphatic hydroxyl groups is 1. The topological polar surface area (TPSA) is 62.7 Å². The van der Waals surface area contributed by atoms with Gasteiger partial charge in [0, 0.05) is 12.8 Å². The Morgan fingerprint density at radius 2 is 1.96 bits per heavy atom. The lowest BCUT2D eigenvalue weighted by atomic mass is 9.89. The van der Waals surface area contributed by atoms with E-state index in [9.17, 15) is 36.2 Å². The van der Waals surface area contributed by atoms with E-state index in [-0.39, 0.29) is 0 Å². The number of likely N-dealkylation sites (tertiary alicyclic amines) is 1. The van der Waals surface area contributed by atoms with Gasteiger partial charge in [-0.2, -0.15) is 8.78 Å². The van der Waals surface area contributed by atoms with Crippen molar-refractivity contribution in [3.8, 4) is 5.75 Å². The minimum absolute atomic E-state index is 0.477. The van der Waals surface area contributed by atoms with Crippen molar-refractivity contribution in [3.05, 3.63) is 23.0 Å². The lowest BCUT2D eigenvalue weighted by Gasteiger charge is -2.36. The minimum atomic E-state index is -3.79. The zero-order valence-electron chi connectivity index (χ0n) is 13.4. The molecule has 2 heterocycles. The van der Waals surface area contributed by atoms with E-state index >= 15 is 0 Å². The van der Waals surface area contributed by atoms with Crippen molar-refractivity contribution in [3.63, 3.8) is 0 Å². The summed E-state index contributed by atoms with van der Waals surface area (Å²) in [5.74, 6) is -8.83. The normalized spacial score (nSPS) is 28.9. The van der Waals surface area contributed by atoms with E-state index in [2.05, 4.69) is 9.72 Å². The molecule has 0 radical (unpaired) electrons. The van der Waals surface area contributed by atoms with Gasteiger partial charge in [0.15, 0.2) is 10.9 Å². The summed E-state index contributed by atoms with van der Waals surface area (Å²) in [6.45, 7) is -4.49. The highest BCUT2D eigenvalue weighted by atomic mass is 35.5. The third-order valence-corrected chi connectivity index (χ3v) is 5.07. The highest BCUT2D eigenvalue weighted by molar-refractivity contribution is 6.31. The van der Waals surface area contributed by atoms with Gasteiger partial charge < -0.3 is 14.7 Å². The monoisotopic (exact) mass is 418 g/mol. The van der Waals surface area contributed by atoms with Crippen LogP contribution in [0.5, 0.6) is 5.75 Å². The van der Waals surface area contributed by atoms with Crippen LogP contribution in [0.25, 0.3) is 0 Å². The van der Waals surface area contributed by atoms with Gasteiger partial charge in [-0.15, -0.1) is 0 Å². The van der Waals surface area contributed by atoms with Gasteiger partial charge in [0.1, 0.15) is 11.8 Å². The lowest BCUT2D eigenvalue weighted by molar-refractivity contribution is -0.102. The molecule has 12 heteroatoms. The zero-order valence-corrected chi connectivity index (χ0v) is 14.2. The summed E-state index contributed by atoms with van der Waals surface area (Å²) in [7, 11) is 0. The smallest absolute Gasteiger partial charge is 0.387 e. The Kier molecular flexibility index (Phi) is 4.74. The first-order valence-electron chi connectivity index (χ1n) is 7.75. The van der Waals surface area contributed by atoms with Crippen molar-refractivity contribution in [2.75, 3.05) is 6.54 Å². The van der Waals surface area contributed by atoms with Crippen molar-refractivity contribution in [1.29, 1.82) is 0 Å². The van der Waals surface area contributed by atoms with Crippen molar-refractivity contribution in [1.82, 2.24) is 9.88 Å². The van der Waals surface area contributed by atoms with E-state index in [0.29, 0.717) is 4.90 Å². The predicted octanol–water partition coefficient (Wildman–Crippen LogP) is 3.35. The number of alkyl halides is 6. The van der Waals surface area contributed by atoms with Gasteiger partial charge in [-0.3, -0.25) is 4.79 Å². The fourth-order valence-corrected chi connectivity index (χ4v) is 3.82. The Morgan fingerprint density at radius 1 is 1.30 bits per heavy atom. The highest BCUT2D eigenvalue weighted by Gasteiger charge is 2.69. The molecule has 0 unspecified atom stereocenters. The fourth-order valence-electron chi connectivity index (χ4n) is 3.62. The van der Waals surface area contributed by atoms with Crippen LogP contribution in [-0.2, 0) is 0 Å². The average Bonchev–Trinajstić information content (AvgIpc) is 2.98. The third-order valence-electron chi connectivity index (χ3n) is 4.80. The molecule has 0 aromatic carbocycles. The number of aromatic nitrogens is 1. The Morgan fingerprint density at radius 3 is 2.48 bits per heavy atom. The summed E-state index contributed by atoms with van der Waals surface area (Å²) >= 11 is 5.65. The molecule has 1 N–H and O–H groups in total. The van der Waals surface area contributed by atoms with Crippen molar-refractivity contribution in [2.24, 2.45) is 0 Å². The highest BCUT2D eigenvalue weighted by Crippen LogP contribution is 2.54.